The predicted molar refractivity (Wildman–Crippen MR) is 62.4 cm³/mol. The first-order valence-corrected chi connectivity index (χ1v) is 5.18. The van der Waals surface area contributed by atoms with Gasteiger partial charge in [-0.2, -0.15) is 0 Å². The number of thiol groups is 1. The Bertz CT molecular complexity index is 221. The summed E-state index contributed by atoms with van der Waals surface area (Å²) in [6, 6.07) is 7.56. The van der Waals surface area contributed by atoms with Crippen LogP contribution in [0.3, 0.4) is 0 Å². The molecule has 0 saturated carbocycles. The highest BCUT2D eigenvalue weighted by Gasteiger charge is 1.91. The van der Waals surface area contributed by atoms with Gasteiger partial charge in [0.05, 0.1) is 6.61 Å². The van der Waals surface area contributed by atoms with Crippen molar-refractivity contribution in [3.05, 3.63) is 24.3 Å². The zero-order valence-corrected chi connectivity index (χ0v) is 9.88. The van der Waals surface area contributed by atoms with Crippen molar-refractivity contribution in [2.24, 2.45) is 0 Å². The third-order valence-corrected chi connectivity index (χ3v) is 1.69. The average Bonchev–Trinajstić information content (AvgIpc) is 2.24. The summed E-state index contributed by atoms with van der Waals surface area (Å²) < 4.78 is 10.2. The van der Waals surface area contributed by atoms with Gasteiger partial charge in [0.25, 0.3) is 0 Å². The molecular weight excluding hydrogens is 196 g/mol. The average molecular weight is 214 g/mol. The SMILES string of the molecule is CC.COCCOc1ccc(S)cc1. The van der Waals surface area contributed by atoms with Crippen LogP contribution in [0.25, 0.3) is 0 Å². The Hall–Kier alpha value is -0.670. The van der Waals surface area contributed by atoms with E-state index in [0.717, 1.165) is 10.6 Å². The zero-order valence-electron chi connectivity index (χ0n) is 8.99. The molecule has 0 bridgehead atoms. The van der Waals surface area contributed by atoms with Crippen LogP contribution in [0.15, 0.2) is 29.2 Å². The number of methoxy groups -OCH3 is 1. The molecule has 0 unspecified atom stereocenters. The van der Waals surface area contributed by atoms with Crippen LogP contribution in [-0.4, -0.2) is 20.3 Å². The van der Waals surface area contributed by atoms with Crippen molar-refractivity contribution in [1.82, 2.24) is 0 Å². The van der Waals surface area contributed by atoms with Crippen molar-refractivity contribution in [2.75, 3.05) is 20.3 Å². The Labute approximate surface area is 91.6 Å². The number of hydrogen-bond donors (Lipinski definition) is 1. The number of ether oxygens (including phenoxy) is 2. The smallest absolute Gasteiger partial charge is 0.119 e. The van der Waals surface area contributed by atoms with Crippen LogP contribution < -0.4 is 4.74 Å². The van der Waals surface area contributed by atoms with Crippen LogP contribution in [0, 0.1) is 0 Å². The quantitative estimate of drug-likeness (QED) is 0.613. The van der Waals surface area contributed by atoms with Gasteiger partial charge in [0.1, 0.15) is 12.4 Å². The van der Waals surface area contributed by atoms with Gasteiger partial charge >= 0.3 is 0 Å². The minimum atomic E-state index is 0.586. The normalized spacial score (nSPS) is 8.86. The van der Waals surface area contributed by atoms with Gasteiger partial charge in [-0.3, -0.25) is 0 Å². The van der Waals surface area contributed by atoms with Crippen LogP contribution in [0.4, 0.5) is 0 Å². The fraction of sp³-hybridized carbons (Fsp3) is 0.455. The summed E-state index contributed by atoms with van der Waals surface area (Å²) in [4.78, 5) is 0.939. The minimum Gasteiger partial charge on any atom is -0.491 e. The van der Waals surface area contributed by atoms with Crippen molar-refractivity contribution in [2.45, 2.75) is 18.7 Å². The van der Waals surface area contributed by atoms with E-state index in [1.165, 1.54) is 0 Å². The molecule has 0 amide bonds. The molecule has 1 aromatic rings. The number of benzene rings is 1. The molecule has 0 atom stereocenters. The largest absolute Gasteiger partial charge is 0.491 e. The molecule has 0 saturated heterocycles. The van der Waals surface area contributed by atoms with E-state index in [4.69, 9.17) is 9.47 Å². The molecule has 0 radical (unpaired) electrons. The second kappa shape index (κ2) is 8.91. The van der Waals surface area contributed by atoms with Crippen LogP contribution >= 0.6 is 12.6 Å². The highest BCUT2D eigenvalue weighted by Crippen LogP contribution is 2.13. The Morgan fingerprint density at radius 1 is 1.07 bits per heavy atom. The third-order valence-electron chi connectivity index (χ3n) is 1.39. The molecular formula is C11H18O2S. The molecule has 0 fully saturated rings. The molecule has 80 valence electrons. The molecule has 0 spiro atoms. The first-order chi connectivity index (χ1) is 6.83. The van der Waals surface area contributed by atoms with Crippen molar-refractivity contribution in [1.29, 1.82) is 0 Å². The summed E-state index contributed by atoms with van der Waals surface area (Å²) in [5.41, 5.74) is 0. The molecule has 0 N–H and O–H groups in total. The van der Waals surface area contributed by atoms with E-state index in [1.54, 1.807) is 7.11 Å². The molecule has 1 rings (SSSR count). The summed E-state index contributed by atoms with van der Waals surface area (Å²) in [6.07, 6.45) is 0. The number of hydrogen-bond acceptors (Lipinski definition) is 3. The van der Waals surface area contributed by atoms with Crippen LogP contribution in [0.2, 0.25) is 0 Å². The molecule has 0 aliphatic rings. The first-order valence-electron chi connectivity index (χ1n) is 4.73. The van der Waals surface area contributed by atoms with Gasteiger partial charge in [0, 0.05) is 12.0 Å². The topological polar surface area (TPSA) is 18.5 Å². The predicted octanol–water partition coefficient (Wildman–Crippen LogP) is 3.03. The van der Waals surface area contributed by atoms with Crippen molar-refractivity contribution in [3.63, 3.8) is 0 Å². The van der Waals surface area contributed by atoms with Crippen molar-refractivity contribution in [3.8, 4) is 5.75 Å². The standard InChI is InChI=1S/C9H12O2S.C2H6/c1-10-6-7-11-8-2-4-9(12)5-3-8;1-2/h2-5,12H,6-7H2,1H3;1-2H3. The Balaban J connectivity index is 0.000000791. The lowest BCUT2D eigenvalue weighted by Crippen LogP contribution is -2.03. The molecule has 0 aromatic heterocycles. The summed E-state index contributed by atoms with van der Waals surface area (Å²) in [5, 5.41) is 0. The van der Waals surface area contributed by atoms with Crippen molar-refractivity contribution >= 4 is 12.6 Å². The van der Waals surface area contributed by atoms with Gasteiger partial charge in [-0.25, -0.2) is 0 Å². The minimum absolute atomic E-state index is 0.586. The maximum absolute atomic E-state index is 5.34. The monoisotopic (exact) mass is 214 g/mol. The molecule has 1 aromatic carbocycles. The molecule has 0 heterocycles. The molecule has 3 heteroatoms. The molecule has 14 heavy (non-hydrogen) atoms. The Morgan fingerprint density at radius 3 is 2.14 bits per heavy atom. The fourth-order valence-electron chi connectivity index (χ4n) is 0.785. The Kier molecular flexibility index (Phi) is 8.48. The van der Waals surface area contributed by atoms with Crippen molar-refractivity contribution < 1.29 is 9.47 Å². The van der Waals surface area contributed by atoms with Crippen LogP contribution in [-0.2, 0) is 4.74 Å². The third kappa shape index (κ3) is 5.89. The fourth-order valence-corrected chi connectivity index (χ4v) is 0.934. The summed E-state index contributed by atoms with van der Waals surface area (Å²) >= 11 is 4.16. The lowest BCUT2D eigenvalue weighted by molar-refractivity contribution is 0.146. The van der Waals surface area contributed by atoms with E-state index in [1.807, 2.05) is 38.1 Å². The molecule has 0 aliphatic heterocycles. The summed E-state index contributed by atoms with van der Waals surface area (Å²) in [7, 11) is 1.65. The molecule has 2 nitrogen and oxygen atoms in total. The second-order valence-electron chi connectivity index (χ2n) is 2.34. The number of rotatable bonds is 4. The van der Waals surface area contributed by atoms with Gasteiger partial charge in [-0.05, 0) is 24.3 Å². The zero-order chi connectivity index (χ0) is 10.8. The maximum Gasteiger partial charge on any atom is 0.119 e. The van der Waals surface area contributed by atoms with Gasteiger partial charge < -0.3 is 9.47 Å². The maximum atomic E-state index is 5.34. The first kappa shape index (κ1) is 13.3. The van der Waals surface area contributed by atoms with E-state index in [2.05, 4.69) is 12.6 Å². The van der Waals surface area contributed by atoms with Crippen LogP contribution in [0.5, 0.6) is 5.75 Å². The second-order valence-corrected chi connectivity index (χ2v) is 2.85. The van der Waals surface area contributed by atoms with Gasteiger partial charge in [0.2, 0.25) is 0 Å². The van der Waals surface area contributed by atoms with E-state index < -0.39 is 0 Å². The lowest BCUT2D eigenvalue weighted by Gasteiger charge is -2.04. The van der Waals surface area contributed by atoms with Gasteiger partial charge in [-0.1, -0.05) is 13.8 Å². The van der Waals surface area contributed by atoms with Gasteiger partial charge in [-0.15, -0.1) is 12.6 Å². The summed E-state index contributed by atoms with van der Waals surface area (Å²) in [5.74, 6) is 0.852. The summed E-state index contributed by atoms with van der Waals surface area (Å²) in [6.45, 7) is 5.20. The van der Waals surface area contributed by atoms with E-state index in [9.17, 15) is 0 Å². The highest BCUT2D eigenvalue weighted by molar-refractivity contribution is 7.80. The van der Waals surface area contributed by atoms with E-state index in [0.29, 0.717) is 13.2 Å². The van der Waals surface area contributed by atoms with Crippen LogP contribution in [0.1, 0.15) is 13.8 Å². The van der Waals surface area contributed by atoms with Gasteiger partial charge in [0.15, 0.2) is 0 Å². The van der Waals surface area contributed by atoms with E-state index in [-0.39, 0.29) is 0 Å². The molecule has 0 aliphatic carbocycles. The Morgan fingerprint density at radius 2 is 1.64 bits per heavy atom. The highest BCUT2D eigenvalue weighted by atomic mass is 32.1. The lowest BCUT2D eigenvalue weighted by atomic mass is 10.3. The van der Waals surface area contributed by atoms with E-state index >= 15 is 0 Å².